The predicted molar refractivity (Wildman–Crippen MR) is 71.7 cm³/mol. The van der Waals surface area contributed by atoms with Crippen LogP contribution in [0.25, 0.3) is 0 Å². The molecular formula is C12H16N4O5. The highest BCUT2D eigenvalue weighted by Gasteiger charge is 2.06. The van der Waals surface area contributed by atoms with Crippen LogP contribution in [0, 0.1) is 0 Å². The number of nitrogens with zero attached hydrogens (tertiary/aromatic N) is 1. The molecule has 4 N–H and O–H groups in total. The molecule has 9 heteroatoms. The van der Waals surface area contributed by atoms with Crippen LogP contribution in [0.3, 0.4) is 0 Å². The standard InChI is InChI=1S/C12H16N4O5/c1-21-10-4-8(2-3-13-10)5-15-12(20)16-6-9(17)14-7-11(18)19/h2-4H,5-7H2,1H3,(H,14,17)(H,18,19)(H2,15,16,20). The normalized spacial score (nSPS) is 9.57. The summed E-state index contributed by atoms with van der Waals surface area (Å²) in [5.41, 5.74) is 0.785. The van der Waals surface area contributed by atoms with Crippen LogP contribution in [0.4, 0.5) is 4.79 Å². The number of hydrogen-bond donors (Lipinski definition) is 4. The van der Waals surface area contributed by atoms with Gasteiger partial charge in [0.1, 0.15) is 6.54 Å². The Kier molecular flexibility index (Phi) is 6.45. The lowest BCUT2D eigenvalue weighted by Crippen LogP contribution is -2.42. The number of urea groups is 1. The zero-order valence-electron chi connectivity index (χ0n) is 11.4. The van der Waals surface area contributed by atoms with E-state index in [9.17, 15) is 14.4 Å². The molecule has 0 saturated heterocycles. The van der Waals surface area contributed by atoms with E-state index in [4.69, 9.17) is 9.84 Å². The first-order valence-electron chi connectivity index (χ1n) is 6.00. The molecule has 0 aliphatic heterocycles. The Hall–Kier alpha value is -2.84. The number of aromatic nitrogens is 1. The van der Waals surface area contributed by atoms with Crippen molar-refractivity contribution < 1.29 is 24.2 Å². The van der Waals surface area contributed by atoms with Crippen molar-refractivity contribution >= 4 is 17.9 Å². The van der Waals surface area contributed by atoms with Crippen molar-refractivity contribution in [2.45, 2.75) is 6.54 Å². The summed E-state index contributed by atoms with van der Waals surface area (Å²) in [5.74, 6) is -1.31. The highest BCUT2D eigenvalue weighted by atomic mass is 16.5. The Balaban J connectivity index is 2.27. The molecule has 0 bridgehead atoms. The molecule has 0 spiro atoms. The fourth-order valence-electron chi connectivity index (χ4n) is 1.31. The first kappa shape index (κ1) is 16.2. The second-order valence-corrected chi connectivity index (χ2v) is 3.91. The van der Waals surface area contributed by atoms with Crippen molar-refractivity contribution in [1.82, 2.24) is 20.9 Å². The summed E-state index contributed by atoms with van der Waals surface area (Å²) in [5, 5.41) is 15.3. The molecule has 0 radical (unpaired) electrons. The number of rotatable bonds is 7. The van der Waals surface area contributed by atoms with E-state index in [0.29, 0.717) is 5.88 Å². The smallest absolute Gasteiger partial charge is 0.322 e. The van der Waals surface area contributed by atoms with Crippen molar-refractivity contribution in [3.63, 3.8) is 0 Å². The fourth-order valence-corrected chi connectivity index (χ4v) is 1.31. The number of carboxylic acid groups (broad SMARTS) is 1. The molecular weight excluding hydrogens is 280 g/mol. The topological polar surface area (TPSA) is 130 Å². The zero-order valence-corrected chi connectivity index (χ0v) is 11.4. The van der Waals surface area contributed by atoms with Gasteiger partial charge in [-0.15, -0.1) is 0 Å². The van der Waals surface area contributed by atoms with Crippen molar-refractivity contribution in [2.75, 3.05) is 20.2 Å². The van der Waals surface area contributed by atoms with E-state index >= 15 is 0 Å². The van der Waals surface area contributed by atoms with E-state index < -0.39 is 24.5 Å². The van der Waals surface area contributed by atoms with Gasteiger partial charge < -0.3 is 25.8 Å². The van der Waals surface area contributed by atoms with Gasteiger partial charge in [0.05, 0.1) is 13.7 Å². The van der Waals surface area contributed by atoms with Crippen LogP contribution >= 0.6 is 0 Å². The summed E-state index contributed by atoms with van der Waals surface area (Å²) in [6.45, 7) is -0.556. The number of amides is 3. The second kappa shape index (κ2) is 8.35. The Morgan fingerprint density at radius 3 is 2.67 bits per heavy atom. The van der Waals surface area contributed by atoms with Gasteiger partial charge in [-0.05, 0) is 11.6 Å². The average Bonchev–Trinajstić information content (AvgIpc) is 2.49. The van der Waals surface area contributed by atoms with Crippen molar-refractivity contribution in [1.29, 1.82) is 0 Å². The molecule has 1 rings (SSSR count). The molecule has 0 aromatic carbocycles. The lowest BCUT2D eigenvalue weighted by molar-refractivity contribution is -0.137. The maximum atomic E-state index is 11.4. The molecule has 0 unspecified atom stereocenters. The van der Waals surface area contributed by atoms with Crippen molar-refractivity contribution in [2.24, 2.45) is 0 Å². The Labute approximate surface area is 120 Å². The Morgan fingerprint density at radius 1 is 1.24 bits per heavy atom. The van der Waals surface area contributed by atoms with Gasteiger partial charge >= 0.3 is 12.0 Å². The molecule has 0 saturated carbocycles. The number of nitrogens with one attached hydrogen (secondary N) is 3. The summed E-state index contributed by atoms with van der Waals surface area (Å²) in [4.78, 5) is 36.8. The largest absolute Gasteiger partial charge is 0.481 e. The molecule has 21 heavy (non-hydrogen) atoms. The molecule has 1 aromatic heterocycles. The number of aliphatic carboxylic acids is 1. The van der Waals surface area contributed by atoms with E-state index in [1.165, 1.54) is 7.11 Å². The van der Waals surface area contributed by atoms with Gasteiger partial charge in [0.25, 0.3) is 0 Å². The minimum absolute atomic E-state index is 0.238. The number of carboxylic acids is 1. The monoisotopic (exact) mass is 296 g/mol. The first-order valence-corrected chi connectivity index (χ1v) is 6.00. The van der Waals surface area contributed by atoms with E-state index in [1.54, 1.807) is 18.3 Å². The lowest BCUT2D eigenvalue weighted by Gasteiger charge is -2.08. The predicted octanol–water partition coefficient (Wildman–Crippen LogP) is -0.910. The summed E-state index contributed by atoms with van der Waals surface area (Å²) >= 11 is 0. The summed E-state index contributed by atoms with van der Waals surface area (Å²) < 4.78 is 4.95. The quantitative estimate of drug-likeness (QED) is 0.515. The van der Waals surface area contributed by atoms with Crippen LogP contribution in [-0.4, -0.2) is 48.2 Å². The SMILES string of the molecule is COc1cc(CNC(=O)NCC(=O)NCC(=O)O)ccn1. The molecule has 0 atom stereocenters. The molecule has 1 aromatic rings. The fraction of sp³-hybridized carbons (Fsp3) is 0.333. The number of carbonyl (C=O) groups excluding carboxylic acids is 2. The number of methoxy groups -OCH3 is 1. The van der Waals surface area contributed by atoms with Crippen LogP contribution in [0.5, 0.6) is 5.88 Å². The third kappa shape index (κ3) is 6.76. The number of ether oxygens (including phenoxy) is 1. The maximum absolute atomic E-state index is 11.4. The van der Waals surface area contributed by atoms with E-state index in [2.05, 4.69) is 20.9 Å². The minimum atomic E-state index is -1.15. The van der Waals surface area contributed by atoms with E-state index in [1.807, 2.05) is 0 Å². The molecule has 0 aliphatic carbocycles. The zero-order chi connectivity index (χ0) is 15.7. The van der Waals surface area contributed by atoms with Gasteiger partial charge in [0.2, 0.25) is 11.8 Å². The van der Waals surface area contributed by atoms with Crippen LogP contribution in [0.1, 0.15) is 5.56 Å². The summed E-state index contributed by atoms with van der Waals surface area (Å²) in [7, 11) is 1.49. The Bertz CT molecular complexity index is 520. The molecule has 1 heterocycles. The summed E-state index contributed by atoms with van der Waals surface area (Å²) in [6.07, 6.45) is 1.55. The number of hydrogen-bond acceptors (Lipinski definition) is 5. The van der Waals surface area contributed by atoms with Gasteiger partial charge in [-0.1, -0.05) is 0 Å². The molecule has 0 fully saturated rings. The van der Waals surface area contributed by atoms with Crippen molar-refractivity contribution in [3.05, 3.63) is 23.9 Å². The highest BCUT2D eigenvalue weighted by molar-refractivity contribution is 5.86. The van der Waals surface area contributed by atoms with Gasteiger partial charge in [-0.3, -0.25) is 9.59 Å². The maximum Gasteiger partial charge on any atom is 0.322 e. The van der Waals surface area contributed by atoms with Gasteiger partial charge in [-0.25, -0.2) is 9.78 Å². The summed E-state index contributed by atoms with van der Waals surface area (Å²) in [6, 6.07) is 2.83. The number of carbonyl (C=O) groups is 3. The third-order valence-electron chi connectivity index (χ3n) is 2.31. The lowest BCUT2D eigenvalue weighted by atomic mass is 10.2. The van der Waals surface area contributed by atoms with Gasteiger partial charge in [0.15, 0.2) is 0 Å². The highest BCUT2D eigenvalue weighted by Crippen LogP contribution is 2.07. The first-order chi connectivity index (χ1) is 10.0. The third-order valence-corrected chi connectivity index (χ3v) is 2.31. The van der Waals surface area contributed by atoms with Gasteiger partial charge in [-0.2, -0.15) is 0 Å². The van der Waals surface area contributed by atoms with E-state index in [0.717, 1.165) is 5.56 Å². The van der Waals surface area contributed by atoms with Crippen LogP contribution in [0.2, 0.25) is 0 Å². The number of pyridine rings is 1. The van der Waals surface area contributed by atoms with E-state index in [-0.39, 0.29) is 13.1 Å². The minimum Gasteiger partial charge on any atom is -0.481 e. The van der Waals surface area contributed by atoms with Crippen LogP contribution in [0.15, 0.2) is 18.3 Å². The Morgan fingerprint density at radius 2 is 2.00 bits per heavy atom. The molecule has 0 aliphatic rings. The van der Waals surface area contributed by atoms with Crippen LogP contribution < -0.4 is 20.7 Å². The average molecular weight is 296 g/mol. The molecule has 3 amide bonds. The molecule has 114 valence electrons. The van der Waals surface area contributed by atoms with Crippen LogP contribution in [-0.2, 0) is 16.1 Å². The molecule has 9 nitrogen and oxygen atoms in total. The second-order valence-electron chi connectivity index (χ2n) is 3.91. The van der Waals surface area contributed by atoms with Gasteiger partial charge in [0, 0.05) is 18.8 Å². The van der Waals surface area contributed by atoms with Crippen molar-refractivity contribution in [3.8, 4) is 5.88 Å².